The SMILES string of the molecule is C=C1C(N)CCC1N. The van der Waals surface area contributed by atoms with Crippen LogP contribution in [0.4, 0.5) is 0 Å². The van der Waals surface area contributed by atoms with E-state index in [9.17, 15) is 0 Å². The lowest BCUT2D eigenvalue weighted by Crippen LogP contribution is -2.24. The molecule has 8 heavy (non-hydrogen) atoms. The molecule has 0 bridgehead atoms. The Labute approximate surface area is 49.5 Å². The highest BCUT2D eigenvalue weighted by Gasteiger charge is 2.21. The standard InChI is InChI=1S/C6H12N2/c1-4-5(7)2-3-6(4)8/h5-6H,1-3,7-8H2. The average Bonchev–Trinajstić information content (AvgIpc) is 1.98. The maximum Gasteiger partial charge on any atom is 0.0266 e. The summed E-state index contributed by atoms with van der Waals surface area (Å²) in [4.78, 5) is 0. The van der Waals surface area contributed by atoms with E-state index in [1.807, 2.05) is 0 Å². The second-order valence-corrected chi connectivity index (χ2v) is 2.37. The van der Waals surface area contributed by atoms with Gasteiger partial charge >= 0.3 is 0 Å². The molecule has 0 heterocycles. The maximum absolute atomic E-state index is 5.59. The van der Waals surface area contributed by atoms with Crippen molar-refractivity contribution in [1.29, 1.82) is 0 Å². The summed E-state index contributed by atoms with van der Waals surface area (Å²) in [5.41, 5.74) is 12.2. The van der Waals surface area contributed by atoms with Crippen LogP contribution in [-0.4, -0.2) is 12.1 Å². The minimum absolute atomic E-state index is 0.171. The Kier molecular flexibility index (Phi) is 1.36. The van der Waals surface area contributed by atoms with Crippen molar-refractivity contribution in [2.75, 3.05) is 0 Å². The van der Waals surface area contributed by atoms with E-state index in [-0.39, 0.29) is 12.1 Å². The molecule has 0 saturated heterocycles. The van der Waals surface area contributed by atoms with Gasteiger partial charge < -0.3 is 11.5 Å². The first-order valence-electron chi connectivity index (χ1n) is 2.91. The molecule has 2 unspecified atom stereocenters. The lowest BCUT2D eigenvalue weighted by atomic mass is 10.1. The van der Waals surface area contributed by atoms with Crippen LogP contribution < -0.4 is 11.5 Å². The zero-order valence-corrected chi connectivity index (χ0v) is 4.93. The predicted octanol–water partition coefficient (Wildman–Crippen LogP) is -0.00900. The first-order chi connectivity index (χ1) is 3.72. The van der Waals surface area contributed by atoms with Gasteiger partial charge in [0.2, 0.25) is 0 Å². The molecule has 0 amide bonds. The first-order valence-corrected chi connectivity index (χ1v) is 2.91. The van der Waals surface area contributed by atoms with Gasteiger partial charge in [0.25, 0.3) is 0 Å². The van der Waals surface area contributed by atoms with Crippen LogP contribution in [0, 0.1) is 0 Å². The van der Waals surface area contributed by atoms with Crippen LogP contribution in [-0.2, 0) is 0 Å². The first kappa shape index (κ1) is 5.79. The summed E-state index contributed by atoms with van der Waals surface area (Å²) in [5, 5.41) is 0. The predicted molar refractivity (Wildman–Crippen MR) is 34.3 cm³/mol. The Morgan fingerprint density at radius 3 is 1.75 bits per heavy atom. The number of hydrogen-bond acceptors (Lipinski definition) is 2. The molecule has 46 valence electrons. The molecule has 0 aromatic carbocycles. The van der Waals surface area contributed by atoms with Crippen LogP contribution >= 0.6 is 0 Å². The molecule has 2 nitrogen and oxygen atoms in total. The minimum Gasteiger partial charge on any atom is -0.324 e. The monoisotopic (exact) mass is 112 g/mol. The lowest BCUT2D eigenvalue weighted by Gasteiger charge is -2.04. The normalized spacial score (nSPS) is 38.5. The fraction of sp³-hybridized carbons (Fsp3) is 0.667. The smallest absolute Gasteiger partial charge is 0.0266 e. The van der Waals surface area contributed by atoms with Crippen molar-refractivity contribution in [3.05, 3.63) is 12.2 Å². The third-order valence-electron chi connectivity index (χ3n) is 1.74. The molecular formula is C6H12N2. The summed E-state index contributed by atoms with van der Waals surface area (Å²) in [6.45, 7) is 3.77. The minimum atomic E-state index is 0.171. The molecule has 1 aliphatic rings. The topological polar surface area (TPSA) is 52.0 Å². The molecule has 2 heteroatoms. The fourth-order valence-corrected chi connectivity index (χ4v) is 1.00. The molecule has 1 rings (SSSR count). The molecule has 0 aromatic heterocycles. The molecule has 1 fully saturated rings. The molecular weight excluding hydrogens is 100 g/mol. The second-order valence-electron chi connectivity index (χ2n) is 2.37. The molecule has 0 radical (unpaired) electrons. The zero-order chi connectivity index (χ0) is 6.15. The van der Waals surface area contributed by atoms with Crippen molar-refractivity contribution in [2.45, 2.75) is 24.9 Å². The van der Waals surface area contributed by atoms with Gasteiger partial charge in [-0.15, -0.1) is 0 Å². The van der Waals surface area contributed by atoms with Gasteiger partial charge in [-0.05, 0) is 18.4 Å². The van der Waals surface area contributed by atoms with Crippen LogP contribution in [0.25, 0.3) is 0 Å². The highest BCUT2D eigenvalue weighted by molar-refractivity contribution is 5.17. The van der Waals surface area contributed by atoms with Gasteiger partial charge in [-0.2, -0.15) is 0 Å². The van der Waals surface area contributed by atoms with Crippen molar-refractivity contribution in [3.8, 4) is 0 Å². The van der Waals surface area contributed by atoms with Gasteiger partial charge in [-0.3, -0.25) is 0 Å². The van der Waals surface area contributed by atoms with E-state index in [1.165, 1.54) is 0 Å². The van der Waals surface area contributed by atoms with E-state index in [0.717, 1.165) is 18.4 Å². The zero-order valence-electron chi connectivity index (χ0n) is 4.93. The second kappa shape index (κ2) is 1.88. The summed E-state index contributed by atoms with van der Waals surface area (Å²) >= 11 is 0. The van der Waals surface area contributed by atoms with Crippen molar-refractivity contribution in [3.63, 3.8) is 0 Å². The molecule has 1 saturated carbocycles. The molecule has 0 aliphatic heterocycles. The Balaban J connectivity index is 2.57. The maximum atomic E-state index is 5.59. The van der Waals surface area contributed by atoms with Crippen molar-refractivity contribution < 1.29 is 0 Å². The molecule has 0 aromatic rings. The van der Waals surface area contributed by atoms with Crippen molar-refractivity contribution in [1.82, 2.24) is 0 Å². The number of nitrogens with two attached hydrogens (primary N) is 2. The van der Waals surface area contributed by atoms with Crippen molar-refractivity contribution in [2.24, 2.45) is 11.5 Å². The summed E-state index contributed by atoms with van der Waals surface area (Å²) in [7, 11) is 0. The van der Waals surface area contributed by atoms with Gasteiger partial charge in [0.15, 0.2) is 0 Å². The quantitative estimate of drug-likeness (QED) is 0.433. The van der Waals surface area contributed by atoms with E-state index in [2.05, 4.69) is 6.58 Å². The van der Waals surface area contributed by atoms with Crippen molar-refractivity contribution >= 4 is 0 Å². The summed E-state index contributed by atoms with van der Waals surface area (Å²) in [5.74, 6) is 0. The lowest BCUT2D eigenvalue weighted by molar-refractivity contribution is 0.748. The molecule has 2 atom stereocenters. The Bertz CT molecular complexity index is 97.1. The fourth-order valence-electron chi connectivity index (χ4n) is 1.00. The molecule has 0 spiro atoms. The van der Waals surface area contributed by atoms with Gasteiger partial charge in [-0.25, -0.2) is 0 Å². The summed E-state index contributed by atoms with van der Waals surface area (Å²) in [6.07, 6.45) is 2.03. The Morgan fingerprint density at radius 1 is 1.25 bits per heavy atom. The third-order valence-corrected chi connectivity index (χ3v) is 1.74. The highest BCUT2D eigenvalue weighted by Crippen LogP contribution is 2.19. The van der Waals surface area contributed by atoms with Crippen LogP contribution in [0.5, 0.6) is 0 Å². The van der Waals surface area contributed by atoms with Crippen LogP contribution in [0.2, 0.25) is 0 Å². The van der Waals surface area contributed by atoms with E-state index in [0.29, 0.717) is 0 Å². The highest BCUT2D eigenvalue weighted by atomic mass is 14.7. The van der Waals surface area contributed by atoms with Gasteiger partial charge in [0.05, 0.1) is 0 Å². The van der Waals surface area contributed by atoms with Gasteiger partial charge in [0.1, 0.15) is 0 Å². The molecule has 1 aliphatic carbocycles. The van der Waals surface area contributed by atoms with Gasteiger partial charge in [-0.1, -0.05) is 6.58 Å². The number of hydrogen-bond donors (Lipinski definition) is 2. The summed E-state index contributed by atoms with van der Waals surface area (Å²) < 4.78 is 0. The largest absolute Gasteiger partial charge is 0.324 e. The Hall–Kier alpha value is -0.340. The Morgan fingerprint density at radius 2 is 1.62 bits per heavy atom. The number of rotatable bonds is 0. The van der Waals surface area contributed by atoms with E-state index in [4.69, 9.17) is 11.5 Å². The van der Waals surface area contributed by atoms with Crippen LogP contribution in [0.15, 0.2) is 12.2 Å². The van der Waals surface area contributed by atoms with Gasteiger partial charge in [0, 0.05) is 12.1 Å². The van der Waals surface area contributed by atoms with Crippen LogP contribution in [0.1, 0.15) is 12.8 Å². The third kappa shape index (κ3) is 0.767. The van der Waals surface area contributed by atoms with E-state index in [1.54, 1.807) is 0 Å². The average molecular weight is 112 g/mol. The molecule has 4 N–H and O–H groups in total. The summed E-state index contributed by atoms with van der Waals surface area (Å²) in [6, 6.07) is 0.343. The van der Waals surface area contributed by atoms with E-state index < -0.39 is 0 Å². The van der Waals surface area contributed by atoms with Crippen LogP contribution in [0.3, 0.4) is 0 Å². The van der Waals surface area contributed by atoms with E-state index >= 15 is 0 Å².